The average molecular weight is 537 g/mol. The minimum Gasteiger partial charge on any atom is -0.393 e. The van der Waals surface area contributed by atoms with Gasteiger partial charge in [0.15, 0.2) is 0 Å². The van der Waals surface area contributed by atoms with E-state index in [0.29, 0.717) is 0 Å². The van der Waals surface area contributed by atoms with E-state index < -0.39 is 0 Å². The quantitative estimate of drug-likeness (QED) is 0.0667. The number of hydrogen-bond acceptors (Lipinski definition) is 2. The van der Waals surface area contributed by atoms with Crippen molar-refractivity contribution in [1.82, 2.24) is 0 Å². The van der Waals surface area contributed by atoms with E-state index in [1.807, 2.05) is 0 Å². The predicted octanol–water partition coefficient (Wildman–Crippen LogP) is 12.3. The zero-order valence-electron chi connectivity index (χ0n) is 26.5. The smallest absolute Gasteiger partial charge is 0.0540 e. The molecule has 0 aliphatic carbocycles. The van der Waals surface area contributed by atoms with Crippen molar-refractivity contribution in [2.24, 2.45) is 0 Å². The van der Waals surface area contributed by atoms with Gasteiger partial charge in [-0.3, -0.25) is 0 Å². The summed E-state index contributed by atoms with van der Waals surface area (Å²) in [6.07, 6.45) is 43.5. The van der Waals surface area contributed by atoms with Crippen LogP contribution >= 0.6 is 0 Å². The molecule has 0 saturated heterocycles. The van der Waals surface area contributed by atoms with Crippen LogP contribution in [0.5, 0.6) is 0 Å². The van der Waals surface area contributed by atoms with Crippen LogP contribution in [0.15, 0.2) is 12.2 Å². The molecule has 0 radical (unpaired) electrons. The monoisotopic (exact) mass is 537 g/mol. The van der Waals surface area contributed by atoms with Crippen LogP contribution in [0.1, 0.15) is 200 Å². The minimum atomic E-state index is -0.0513. The molecule has 0 aliphatic heterocycles. The molecule has 1 unspecified atom stereocenters. The molecule has 0 spiro atoms. The third kappa shape index (κ3) is 33.7. The summed E-state index contributed by atoms with van der Waals surface area (Å²) in [6.45, 7) is 6.18. The van der Waals surface area contributed by atoms with Gasteiger partial charge in [0.2, 0.25) is 0 Å². The van der Waals surface area contributed by atoms with Crippen molar-refractivity contribution < 1.29 is 9.84 Å². The molecule has 0 heterocycles. The van der Waals surface area contributed by atoms with Crippen LogP contribution in [0, 0.1) is 0 Å². The Hall–Kier alpha value is -0.340. The van der Waals surface area contributed by atoms with Crippen molar-refractivity contribution >= 4 is 0 Å². The van der Waals surface area contributed by atoms with Crippen molar-refractivity contribution in [1.29, 1.82) is 0 Å². The number of ether oxygens (including phenoxy) is 1. The third-order valence-corrected chi connectivity index (χ3v) is 8.08. The Balaban J connectivity index is 3.18. The minimum absolute atomic E-state index is 0.0513. The van der Waals surface area contributed by atoms with Crippen LogP contribution in [0.4, 0.5) is 0 Å². The lowest BCUT2D eigenvalue weighted by Crippen LogP contribution is -2.05. The maximum absolute atomic E-state index is 10.3. The molecule has 2 nitrogen and oxygen atoms in total. The fraction of sp³-hybridized carbons (Fsp3) is 0.944. The van der Waals surface area contributed by atoms with Crippen LogP contribution < -0.4 is 0 Å². The summed E-state index contributed by atoms with van der Waals surface area (Å²) in [7, 11) is 0. The zero-order chi connectivity index (χ0) is 27.6. The fourth-order valence-corrected chi connectivity index (χ4v) is 5.44. The van der Waals surface area contributed by atoms with Crippen LogP contribution in [-0.2, 0) is 4.74 Å². The van der Waals surface area contributed by atoms with Gasteiger partial charge < -0.3 is 9.84 Å². The molecule has 0 amide bonds. The van der Waals surface area contributed by atoms with Gasteiger partial charge in [0.05, 0.1) is 6.10 Å². The molecule has 0 aromatic heterocycles. The van der Waals surface area contributed by atoms with Crippen molar-refractivity contribution in [3.63, 3.8) is 0 Å². The Bertz CT molecular complexity index is 433. The van der Waals surface area contributed by atoms with E-state index in [1.165, 1.54) is 173 Å². The third-order valence-electron chi connectivity index (χ3n) is 8.08. The van der Waals surface area contributed by atoms with Gasteiger partial charge in [-0.25, -0.2) is 0 Å². The maximum atomic E-state index is 10.3. The summed E-state index contributed by atoms with van der Waals surface area (Å²) in [6, 6.07) is 0. The highest BCUT2D eigenvalue weighted by Crippen LogP contribution is 2.16. The number of allylic oxidation sites excluding steroid dienone is 2. The molecule has 0 aromatic carbocycles. The molecule has 2 heteroatoms. The molecular weight excluding hydrogens is 464 g/mol. The van der Waals surface area contributed by atoms with Crippen LogP contribution in [0.25, 0.3) is 0 Å². The van der Waals surface area contributed by atoms with E-state index in [-0.39, 0.29) is 6.10 Å². The van der Waals surface area contributed by atoms with Crippen molar-refractivity contribution in [3.05, 3.63) is 12.2 Å². The van der Waals surface area contributed by atoms with Crippen molar-refractivity contribution in [2.45, 2.75) is 206 Å². The second-order valence-corrected chi connectivity index (χ2v) is 12.0. The highest BCUT2D eigenvalue weighted by atomic mass is 16.5. The number of rotatable bonds is 33. The molecular formula is C36H72O2. The topological polar surface area (TPSA) is 29.5 Å². The Morgan fingerprint density at radius 2 is 0.789 bits per heavy atom. The lowest BCUT2D eigenvalue weighted by molar-refractivity contribution is 0.143. The molecule has 1 N–H and O–H groups in total. The highest BCUT2D eigenvalue weighted by Gasteiger charge is 2.03. The maximum Gasteiger partial charge on any atom is 0.0540 e. The lowest BCUT2D eigenvalue weighted by Gasteiger charge is -2.10. The van der Waals surface area contributed by atoms with Gasteiger partial charge in [-0.2, -0.15) is 0 Å². The second-order valence-electron chi connectivity index (χ2n) is 12.0. The largest absolute Gasteiger partial charge is 0.393 e. The highest BCUT2D eigenvalue weighted by molar-refractivity contribution is 4.81. The van der Waals surface area contributed by atoms with Gasteiger partial charge in [-0.05, 0) is 51.9 Å². The van der Waals surface area contributed by atoms with Gasteiger partial charge >= 0.3 is 0 Å². The Morgan fingerprint density at radius 1 is 0.447 bits per heavy atom. The SMILES string of the molecule is CCCCCCCCC=CCCCCCCCC(O)CCCCCCCCCCCCCCCCOCC. The van der Waals surface area contributed by atoms with E-state index in [1.54, 1.807) is 0 Å². The second kappa shape index (κ2) is 34.7. The van der Waals surface area contributed by atoms with Gasteiger partial charge in [-0.1, -0.05) is 160 Å². The first-order valence-corrected chi connectivity index (χ1v) is 17.7. The van der Waals surface area contributed by atoms with E-state index in [9.17, 15) is 5.11 Å². The number of hydrogen-bond donors (Lipinski definition) is 1. The summed E-state index contributed by atoms with van der Waals surface area (Å²) >= 11 is 0. The van der Waals surface area contributed by atoms with Crippen molar-refractivity contribution in [3.8, 4) is 0 Å². The molecule has 0 aliphatic rings. The normalized spacial score (nSPS) is 12.6. The first kappa shape index (κ1) is 37.7. The van der Waals surface area contributed by atoms with Gasteiger partial charge in [0.1, 0.15) is 0 Å². The van der Waals surface area contributed by atoms with Gasteiger partial charge in [0.25, 0.3) is 0 Å². The van der Waals surface area contributed by atoms with Gasteiger partial charge in [0, 0.05) is 13.2 Å². The molecule has 228 valence electrons. The number of aliphatic hydroxyl groups excluding tert-OH is 1. The molecule has 38 heavy (non-hydrogen) atoms. The Labute approximate surface area is 241 Å². The molecule has 0 rings (SSSR count). The standard InChI is InChI=1S/C36H72O2/c1-3-5-6-7-8-9-10-11-12-15-18-21-24-27-30-33-36(37)34-31-28-25-22-19-16-13-14-17-20-23-26-29-32-35-38-4-2/h11-12,36-37H,3-10,13-35H2,1-2H3. The molecule has 0 saturated carbocycles. The predicted molar refractivity (Wildman–Crippen MR) is 171 cm³/mol. The first-order chi connectivity index (χ1) is 18.8. The Kier molecular flexibility index (Phi) is 34.4. The summed E-state index contributed by atoms with van der Waals surface area (Å²) in [5.74, 6) is 0. The number of aliphatic hydroxyl groups is 1. The molecule has 0 aromatic rings. The van der Waals surface area contributed by atoms with E-state index in [4.69, 9.17) is 4.74 Å². The van der Waals surface area contributed by atoms with Crippen LogP contribution in [0.2, 0.25) is 0 Å². The van der Waals surface area contributed by atoms with Crippen LogP contribution in [0.3, 0.4) is 0 Å². The van der Waals surface area contributed by atoms with E-state index >= 15 is 0 Å². The van der Waals surface area contributed by atoms with Gasteiger partial charge in [-0.15, -0.1) is 0 Å². The summed E-state index contributed by atoms with van der Waals surface area (Å²) in [4.78, 5) is 0. The molecule has 1 atom stereocenters. The summed E-state index contributed by atoms with van der Waals surface area (Å²) in [5.41, 5.74) is 0. The van der Waals surface area contributed by atoms with Crippen LogP contribution in [-0.4, -0.2) is 24.4 Å². The van der Waals surface area contributed by atoms with Crippen molar-refractivity contribution in [2.75, 3.05) is 13.2 Å². The summed E-state index contributed by atoms with van der Waals surface area (Å²) in [5, 5.41) is 10.3. The number of unbranched alkanes of at least 4 members (excludes halogenated alkanes) is 24. The average Bonchev–Trinajstić information content (AvgIpc) is 2.92. The zero-order valence-corrected chi connectivity index (χ0v) is 26.5. The lowest BCUT2D eigenvalue weighted by atomic mass is 10.0. The first-order valence-electron chi connectivity index (χ1n) is 17.7. The van der Waals surface area contributed by atoms with E-state index in [2.05, 4.69) is 26.0 Å². The van der Waals surface area contributed by atoms with E-state index in [0.717, 1.165) is 26.1 Å². The summed E-state index contributed by atoms with van der Waals surface area (Å²) < 4.78 is 5.39. The molecule has 0 fully saturated rings. The molecule has 0 bridgehead atoms. The fourth-order valence-electron chi connectivity index (χ4n) is 5.44. The Morgan fingerprint density at radius 3 is 1.18 bits per heavy atom.